The van der Waals surface area contributed by atoms with Crippen molar-refractivity contribution >= 4 is 44.9 Å². The van der Waals surface area contributed by atoms with Crippen molar-refractivity contribution in [2.75, 3.05) is 29.2 Å². The van der Waals surface area contributed by atoms with Gasteiger partial charge in [-0.25, -0.2) is 13.2 Å². The van der Waals surface area contributed by atoms with E-state index in [1.165, 1.54) is 18.9 Å². The highest BCUT2D eigenvalue weighted by atomic mass is 32.2. The average molecular weight is 600 g/mol. The van der Waals surface area contributed by atoms with Gasteiger partial charge < -0.3 is 19.1 Å². The number of para-hydroxylation sites is 2. The van der Waals surface area contributed by atoms with Crippen LogP contribution in [-0.4, -0.2) is 38.3 Å². The Morgan fingerprint density at radius 1 is 1.02 bits per heavy atom. The Morgan fingerprint density at radius 2 is 1.69 bits per heavy atom. The number of methoxy groups -OCH3 is 1. The highest BCUT2D eigenvalue weighted by Gasteiger charge is 2.28. The van der Waals surface area contributed by atoms with E-state index in [1.54, 1.807) is 12.1 Å². The van der Waals surface area contributed by atoms with Crippen molar-refractivity contribution in [3.05, 3.63) is 131 Å². The van der Waals surface area contributed by atoms with Crippen molar-refractivity contribution in [1.29, 1.82) is 0 Å². The Balaban J connectivity index is 1.55. The van der Waals surface area contributed by atoms with Gasteiger partial charge in [-0.2, -0.15) is 0 Å². The van der Waals surface area contributed by atoms with E-state index >= 15 is 0 Å². The SMILES string of the molecule is C=CC1=C(N(c2ccccc2)c2ccccc2)/C(=C/C=C2/Sc3ccc(C(=O)OC)cc3N2CCCS(=O)(=O)[O-])CC1. The maximum Gasteiger partial charge on any atom is 0.337 e. The molecular weight excluding hydrogens is 569 g/mol. The summed E-state index contributed by atoms with van der Waals surface area (Å²) < 4.78 is 38.9. The lowest BCUT2D eigenvalue weighted by molar-refractivity contribution is 0.0600. The normalized spacial score (nSPS) is 16.7. The molecule has 0 fully saturated rings. The first-order valence-electron chi connectivity index (χ1n) is 13.6. The molecule has 0 saturated carbocycles. The lowest BCUT2D eigenvalue weighted by Gasteiger charge is -2.28. The van der Waals surface area contributed by atoms with E-state index in [4.69, 9.17) is 4.74 Å². The minimum absolute atomic E-state index is 0.157. The Kier molecular flexibility index (Phi) is 9.01. The number of rotatable bonds is 10. The van der Waals surface area contributed by atoms with Crippen LogP contribution in [0.4, 0.5) is 17.1 Å². The summed E-state index contributed by atoms with van der Waals surface area (Å²) in [5, 5.41) is 0.875. The molecule has 42 heavy (non-hydrogen) atoms. The van der Waals surface area contributed by atoms with Gasteiger partial charge in [0.1, 0.15) is 0 Å². The van der Waals surface area contributed by atoms with Crippen LogP contribution in [-0.2, 0) is 14.9 Å². The van der Waals surface area contributed by atoms with Gasteiger partial charge in [-0.1, -0.05) is 66.9 Å². The van der Waals surface area contributed by atoms with E-state index in [0.29, 0.717) is 12.1 Å². The van der Waals surface area contributed by atoms with Crippen LogP contribution in [0.15, 0.2) is 130 Å². The average Bonchev–Trinajstić information content (AvgIpc) is 3.56. The van der Waals surface area contributed by atoms with Crippen molar-refractivity contribution in [3.8, 4) is 0 Å². The zero-order valence-corrected chi connectivity index (χ0v) is 24.9. The summed E-state index contributed by atoms with van der Waals surface area (Å²) in [5.41, 5.74) is 6.62. The molecule has 1 aliphatic heterocycles. The van der Waals surface area contributed by atoms with E-state index in [-0.39, 0.29) is 6.42 Å². The van der Waals surface area contributed by atoms with E-state index in [2.05, 4.69) is 41.8 Å². The van der Waals surface area contributed by atoms with Crippen LogP contribution in [0, 0.1) is 0 Å². The second kappa shape index (κ2) is 12.9. The third-order valence-corrected chi connectivity index (χ3v) is 9.04. The van der Waals surface area contributed by atoms with Crippen LogP contribution in [0.25, 0.3) is 0 Å². The maximum atomic E-state index is 12.2. The number of fused-ring (bicyclic) bond motifs is 1. The molecule has 7 nitrogen and oxygen atoms in total. The maximum absolute atomic E-state index is 12.2. The second-order valence-electron chi connectivity index (χ2n) is 9.82. The molecule has 2 aliphatic rings. The molecule has 9 heteroatoms. The van der Waals surface area contributed by atoms with Crippen LogP contribution in [0.3, 0.4) is 0 Å². The summed E-state index contributed by atoms with van der Waals surface area (Å²) in [5.74, 6) is -0.920. The molecule has 216 valence electrons. The molecule has 1 aliphatic carbocycles. The molecular formula is C33H31N2O5S2-. The molecule has 5 rings (SSSR count). The predicted octanol–water partition coefficient (Wildman–Crippen LogP) is 7.16. The molecule has 0 bridgehead atoms. The zero-order valence-electron chi connectivity index (χ0n) is 23.2. The van der Waals surface area contributed by atoms with Crippen molar-refractivity contribution in [1.82, 2.24) is 0 Å². The fourth-order valence-electron chi connectivity index (χ4n) is 5.19. The molecule has 0 N–H and O–H groups in total. The molecule has 0 radical (unpaired) electrons. The third kappa shape index (κ3) is 6.54. The molecule has 0 amide bonds. The van der Waals surface area contributed by atoms with Gasteiger partial charge in [-0.05, 0) is 78.9 Å². The van der Waals surface area contributed by atoms with Crippen molar-refractivity contribution < 1.29 is 22.5 Å². The minimum atomic E-state index is -4.35. The van der Waals surface area contributed by atoms with Gasteiger partial charge in [0.2, 0.25) is 0 Å². The van der Waals surface area contributed by atoms with Gasteiger partial charge in [0.05, 0.1) is 39.2 Å². The molecule has 3 aromatic rings. The van der Waals surface area contributed by atoms with E-state index in [0.717, 1.165) is 56.7 Å². The number of thioether (sulfide) groups is 1. The monoisotopic (exact) mass is 599 g/mol. The van der Waals surface area contributed by atoms with Gasteiger partial charge in [0, 0.05) is 28.6 Å². The number of nitrogens with zero attached hydrogens (tertiary/aromatic N) is 2. The number of carbonyl (C=O) groups excluding carboxylic acids is 1. The highest BCUT2D eigenvalue weighted by molar-refractivity contribution is 8.03. The van der Waals surface area contributed by atoms with Crippen LogP contribution in [0.1, 0.15) is 29.6 Å². The van der Waals surface area contributed by atoms with Crippen LogP contribution >= 0.6 is 11.8 Å². The molecule has 0 saturated heterocycles. The summed E-state index contributed by atoms with van der Waals surface area (Å²) in [6.07, 6.45) is 7.90. The van der Waals surface area contributed by atoms with Gasteiger partial charge >= 0.3 is 5.97 Å². The van der Waals surface area contributed by atoms with Crippen LogP contribution < -0.4 is 9.80 Å². The van der Waals surface area contributed by atoms with Crippen LogP contribution in [0.2, 0.25) is 0 Å². The first kappa shape index (κ1) is 29.4. The lowest BCUT2D eigenvalue weighted by atomic mass is 10.1. The molecule has 3 aromatic carbocycles. The van der Waals surface area contributed by atoms with E-state index in [1.807, 2.05) is 59.5 Å². The number of anilines is 3. The van der Waals surface area contributed by atoms with Gasteiger partial charge in [-0.15, -0.1) is 0 Å². The smallest absolute Gasteiger partial charge is 0.337 e. The standard InChI is InChI=1S/C33H32N2O5S2/c1-3-24-15-16-25(32(24)35(27-11-6-4-7-12-27)28-13-8-5-9-14-28)18-20-31-34(21-10-22-42(37,38)39)29-23-26(33(36)40-2)17-19-30(29)41-31/h3-9,11-14,17-20,23H,1,10,15-16,21-22H2,2H3,(H,37,38,39)/p-1/b25-18+,31-20+. The number of ether oxygens (including phenoxy) is 1. The Hall–Kier alpha value is -4.05. The highest BCUT2D eigenvalue weighted by Crippen LogP contribution is 2.47. The fourth-order valence-corrected chi connectivity index (χ4v) is 6.75. The lowest BCUT2D eigenvalue weighted by Crippen LogP contribution is -2.22. The Morgan fingerprint density at radius 3 is 2.29 bits per heavy atom. The molecule has 0 atom stereocenters. The summed E-state index contributed by atoms with van der Waals surface area (Å²) >= 11 is 1.54. The quantitative estimate of drug-likeness (QED) is 0.179. The number of hydrogen-bond donors (Lipinski definition) is 0. The van der Waals surface area contributed by atoms with Gasteiger partial charge in [0.25, 0.3) is 0 Å². The Bertz CT molecular complexity index is 1640. The number of carbonyl (C=O) groups is 1. The number of hydrogen-bond acceptors (Lipinski definition) is 8. The number of allylic oxidation sites excluding steroid dienone is 5. The summed E-state index contributed by atoms with van der Waals surface area (Å²) in [6, 6.07) is 25.8. The molecule has 0 aromatic heterocycles. The van der Waals surface area contributed by atoms with E-state index in [9.17, 15) is 17.8 Å². The number of benzene rings is 3. The molecule has 0 unspecified atom stereocenters. The van der Waals surface area contributed by atoms with Crippen molar-refractivity contribution in [2.24, 2.45) is 0 Å². The van der Waals surface area contributed by atoms with E-state index < -0.39 is 21.8 Å². The summed E-state index contributed by atoms with van der Waals surface area (Å²) in [6.45, 7) is 4.41. The molecule has 0 spiro atoms. The third-order valence-electron chi connectivity index (χ3n) is 7.13. The number of esters is 1. The van der Waals surface area contributed by atoms with Gasteiger partial charge in [-0.3, -0.25) is 0 Å². The minimum Gasteiger partial charge on any atom is -0.748 e. The summed E-state index contributed by atoms with van der Waals surface area (Å²) in [7, 11) is -3.02. The summed E-state index contributed by atoms with van der Waals surface area (Å²) in [4.78, 5) is 17.4. The fraction of sp³-hybridized carbons (Fsp3) is 0.182. The van der Waals surface area contributed by atoms with Crippen LogP contribution in [0.5, 0.6) is 0 Å². The second-order valence-corrected chi connectivity index (χ2v) is 12.4. The van der Waals surface area contributed by atoms with Crippen molar-refractivity contribution in [3.63, 3.8) is 0 Å². The first-order chi connectivity index (χ1) is 20.3. The van der Waals surface area contributed by atoms with Gasteiger partial charge in [0.15, 0.2) is 0 Å². The zero-order chi connectivity index (χ0) is 29.7. The largest absolute Gasteiger partial charge is 0.748 e. The molecule has 1 heterocycles. The topological polar surface area (TPSA) is 90.0 Å². The Labute approximate surface area is 251 Å². The van der Waals surface area contributed by atoms with Crippen molar-refractivity contribution in [2.45, 2.75) is 24.2 Å². The predicted molar refractivity (Wildman–Crippen MR) is 168 cm³/mol. The first-order valence-corrected chi connectivity index (χ1v) is 16.0.